The SMILES string of the molecule is CC(CN1CCCCC1)NCc1cc(Cl)cs1. The molecule has 1 fully saturated rings. The molecule has 0 radical (unpaired) electrons. The number of hydrogen-bond acceptors (Lipinski definition) is 3. The molecule has 1 aromatic rings. The lowest BCUT2D eigenvalue weighted by Gasteiger charge is -2.29. The van der Waals surface area contributed by atoms with E-state index in [4.69, 9.17) is 11.6 Å². The van der Waals surface area contributed by atoms with Gasteiger partial charge in [-0.15, -0.1) is 11.3 Å². The summed E-state index contributed by atoms with van der Waals surface area (Å²) in [5.74, 6) is 0. The molecule has 1 aliphatic rings. The van der Waals surface area contributed by atoms with E-state index in [1.807, 2.05) is 11.4 Å². The average Bonchev–Trinajstić information content (AvgIpc) is 2.74. The number of hydrogen-bond donors (Lipinski definition) is 1. The van der Waals surface area contributed by atoms with Gasteiger partial charge in [0.1, 0.15) is 0 Å². The zero-order chi connectivity index (χ0) is 12.1. The van der Waals surface area contributed by atoms with Crippen molar-refractivity contribution in [1.29, 1.82) is 0 Å². The van der Waals surface area contributed by atoms with Crippen LogP contribution in [0.15, 0.2) is 11.4 Å². The van der Waals surface area contributed by atoms with E-state index < -0.39 is 0 Å². The van der Waals surface area contributed by atoms with Crippen LogP contribution in [0.3, 0.4) is 0 Å². The number of rotatable bonds is 5. The highest BCUT2D eigenvalue weighted by Crippen LogP contribution is 2.18. The second-order valence-electron chi connectivity index (χ2n) is 4.87. The Morgan fingerprint density at radius 1 is 1.41 bits per heavy atom. The van der Waals surface area contributed by atoms with Crippen LogP contribution in [-0.4, -0.2) is 30.6 Å². The summed E-state index contributed by atoms with van der Waals surface area (Å²) in [4.78, 5) is 3.89. The summed E-state index contributed by atoms with van der Waals surface area (Å²) in [5.41, 5.74) is 0. The third-order valence-corrected chi connectivity index (χ3v) is 4.51. The molecular weight excluding hydrogens is 252 g/mol. The Hall–Kier alpha value is -0.0900. The van der Waals surface area contributed by atoms with Gasteiger partial charge < -0.3 is 10.2 Å². The predicted molar refractivity (Wildman–Crippen MR) is 75.9 cm³/mol. The van der Waals surface area contributed by atoms with E-state index in [0.717, 1.165) is 11.6 Å². The number of piperidine rings is 1. The van der Waals surface area contributed by atoms with E-state index in [1.165, 1.54) is 43.8 Å². The lowest BCUT2D eigenvalue weighted by Crippen LogP contribution is -2.41. The summed E-state index contributed by atoms with van der Waals surface area (Å²) in [6, 6.07) is 2.60. The highest BCUT2D eigenvalue weighted by Gasteiger charge is 2.13. The van der Waals surface area contributed by atoms with Gasteiger partial charge in [0.2, 0.25) is 0 Å². The van der Waals surface area contributed by atoms with E-state index in [-0.39, 0.29) is 0 Å². The minimum absolute atomic E-state index is 0.550. The molecule has 1 N–H and O–H groups in total. The molecule has 17 heavy (non-hydrogen) atoms. The maximum atomic E-state index is 5.91. The topological polar surface area (TPSA) is 15.3 Å². The standard InChI is InChI=1S/C13H21ClN2S/c1-11(9-16-5-3-2-4-6-16)15-8-13-7-12(14)10-17-13/h7,10-11,15H,2-6,8-9H2,1H3. The van der Waals surface area contributed by atoms with Gasteiger partial charge in [0, 0.05) is 29.4 Å². The molecule has 0 saturated carbocycles. The van der Waals surface area contributed by atoms with Crippen LogP contribution in [0.5, 0.6) is 0 Å². The Balaban J connectivity index is 1.68. The highest BCUT2D eigenvalue weighted by molar-refractivity contribution is 7.10. The van der Waals surface area contributed by atoms with Crippen molar-refractivity contribution >= 4 is 22.9 Å². The number of halogens is 1. The van der Waals surface area contributed by atoms with E-state index in [0.29, 0.717) is 6.04 Å². The quantitative estimate of drug-likeness (QED) is 0.884. The Kier molecular flexibility index (Phi) is 5.29. The van der Waals surface area contributed by atoms with Crippen LogP contribution in [0.2, 0.25) is 5.02 Å². The third kappa shape index (κ3) is 4.59. The van der Waals surface area contributed by atoms with Crippen LogP contribution >= 0.6 is 22.9 Å². The molecule has 1 aliphatic heterocycles. The van der Waals surface area contributed by atoms with Crippen LogP contribution in [-0.2, 0) is 6.54 Å². The molecule has 0 aliphatic carbocycles. The van der Waals surface area contributed by atoms with E-state index >= 15 is 0 Å². The first-order valence-electron chi connectivity index (χ1n) is 6.42. The molecule has 1 atom stereocenters. The lowest BCUT2D eigenvalue weighted by atomic mass is 10.1. The molecule has 4 heteroatoms. The van der Waals surface area contributed by atoms with Crippen molar-refractivity contribution < 1.29 is 0 Å². The van der Waals surface area contributed by atoms with Crippen LogP contribution < -0.4 is 5.32 Å². The molecule has 96 valence electrons. The van der Waals surface area contributed by atoms with Gasteiger partial charge in [-0.2, -0.15) is 0 Å². The Morgan fingerprint density at radius 3 is 2.82 bits per heavy atom. The lowest BCUT2D eigenvalue weighted by molar-refractivity contribution is 0.209. The summed E-state index contributed by atoms with van der Waals surface area (Å²) in [6.45, 7) is 6.92. The van der Waals surface area contributed by atoms with Crippen LogP contribution in [0.4, 0.5) is 0 Å². The molecule has 0 bridgehead atoms. The molecular formula is C13H21ClN2S. The van der Waals surface area contributed by atoms with Crippen LogP contribution in [0.25, 0.3) is 0 Å². The van der Waals surface area contributed by atoms with Crippen molar-refractivity contribution in [3.8, 4) is 0 Å². The van der Waals surface area contributed by atoms with Gasteiger partial charge in [0.15, 0.2) is 0 Å². The smallest absolute Gasteiger partial charge is 0.0516 e. The van der Waals surface area contributed by atoms with Crippen molar-refractivity contribution in [2.45, 2.75) is 38.8 Å². The fourth-order valence-corrected chi connectivity index (χ4v) is 3.34. The Morgan fingerprint density at radius 2 is 2.18 bits per heavy atom. The molecule has 1 saturated heterocycles. The maximum absolute atomic E-state index is 5.91. The summed E-state index contributed by atoms with van der Waals surface area (Å²) in [6.07, 6.45) is 4.15. The number of likely N-dealkylation sites (tertiary alicyclic amines) is 1. The largest absolute Gasteiger partial charge is 0.308 e. The molecule has 2 nitrogen and oxygen atoms in total. The van der Waals surface area contributed by atoms with Crippen molar-refractivity contribution in [2.75, 3.05) is 19.6 Å². The summed E-state index contributed by atoms with van der Waals surface area (Å²) in [5, 5.41) is 6.42. The fourth-order valence-electron chi connectivity index (χ4n) is 2.32. The van der Waals surface area contributed by atoms with Crippen molar-refractivity contribution in [2.24, 2.45) is 0 Å². The zero-order valence-electron chi connectivity index (χ0n) is 10.4. The highest BCUT2D eigenvalue weighted by atomic mass is 35.5. The molecule has 0 spiro atoms. The average molecular weight is 273 g/mol. The second-order valence-corrected chi connectivity index (χ2v) is 6.31. The predicted octanol–water partition coefficient (Wildman–Crippen LogP) is 3.37. The Bertz CT molecular complexity index is 334. The van der Waals surface area contributed by atoms with Crippen molar-refractivity contribution in [3.05, 3.63) is 21.3 Å². The van der Waals surface area contributed by atoms with Gasteiger partial charge in [0.25, 0.3) is 0 Å². The second kappa shape index (κ2) is 6.74. The maximum Gasteiger partial charge on any atom is 0.0516 e. The number of thiophene rings is 1. The monoisotopic (exact) mass is 272 g/mol. The fraction of sp³-hybridized carbons (Fsp3) is 0.692. The number of nitrogens with one attached hydrogen (secondary N) is 1. The first kappa shape index (κ1) is 13.3. The molecule has 0 aromatic carbocycles. The first-order valence-corrected chi connectivity index (χ1v) is 7.68. The van der Waals surface area contributed by atoms with Crippen molar-refractivity contribution in [3.63, 3.8) is 0 Å². The summed E-state index contributed by atoms with van der Waals surface area (Å²) >= 11 is 7.64. The minimum Gasteiger partial charge on any atom is -0.308 e. The molecule has 2 heterocycles. The van der Waals surface area contributed by atoms with Gasteiger partial charge >= 0.3 is 0 Å². The van der Waals surface area contributed by atoms with Crippen LogP contribution in [0.1, 0.15) is 31.1 Å². The van der Waals surface area contributed by atoms with Gasteiger partial charge in [-0.25, -0.2) is 0 Å². The van der Waals surface area contributed by atoms with Gasteiger partial charge in [-0.05, 0) is 38.9 Å². The molecule has 2 rings (SSSR count). The molecule has 1 unspecified atom stereocenters. The number of nitrogens with zero attached hydrogens (tertiary/aromatic N) is 1. The zero-order valence-corrected chi connectivity index (χ0v) is 12.0. The Labute approximate surface area is 113 Å². The van der Waals surface area contributed by atoms with Crippen LogP contribution in [0, 0.1) is 0 Å². The van der Waals surface area contributed by atoms with Gasteiger partial charge in [-0.3, -0.25) is 0 Å². The van der Waals surface area contributed by atoms with E-state index in [9.17, 15) is 0 Å². The minimum atomic E-state index is 0.550. The third-order valence-electron chi connectivity index (χ3n) is 3.23. The normalized spacial score (nSPS) is 19.4. The summed E-state index contributed by atoms with van der Waals surface area (Å²) < 4.78 is 0. The van der Waals surface area contributed by atoms with Crippen molar-refractivity contribution in [1.82, 2.24) is 10.2 Å². The summed E-state index contributed by atoms with van der Waals surface area (Å²) in [7, 11) is 0. The van der Waals surface area contributed by atoms with Gasteiger partial charge in [0.05, 0.1) is 5.02 Å². The van der Waals surface area contributed by atoms with Gasteiger partial charge in [-0.1, -0.05) is 18.0 Å². The first-order chi connectivity index (χ1) is 8.24. The molecule has 0 amide bonds. The molecule has 1 aromatic heterocycles. The van der Waals surface area contributed by atoms with E-state index in [1.54, 1.807) is 11.3 Å². The van der Waals surface area contributed by atoms with E-state index in [2.05, 4.69) is 17.1 Å².